The summed E-state index contributed by atoms with van der Waals surface area (Å²) < 4.78 is 2.10. The molecule has 0 saturated carbocycles. The Labute approximate surface area is 240 Å². The lowest BCUT2D eigenvalue weighted by Gasteiger charge is -2.29. The maximum Gasteiger partial charge on any atom is 0.269 e. The molecule has 1 aliphatic rings. The quantitative estimate of drug-likeness (QED) is 0.126. The van der Waals surface area contributed by atoms with Crippen molar-refractivity contribution in [3.63, 3.8) is 0 Å². The van der Waals surface area contributed by atoms with Crippen LogP contribution in [0.1, 0.15) is 23.5 Å². The Balaban J connectivity index is 1.35. The first kappa shape index (κ1) is 25.6. The molecule has 2 atom stereocenters. The lowest BCUT2D eigenvalue weighted by Crippen LogP contribution is -2.30. The second-order valence-corrected chi connectivity index (χ2v) is 10.7. The number of nitro benzene ring substituents is 1. The summed E-state index contributed by atoms with van der Waals surface area (Å²) >= 11 is 7.42. The zero-order valence-electron chi connectivity index (χ0n) is 21.0. The van der Waals surface area contributed by atoms with E-state index in [9.17, 15) is 15.2 Å². The Kier molecular flexibility index (Phi) is 6.93. The minimum atomic E-state index is -0.400. The van der Waals surface area contributed by atoms with E-state index < -0.39 is 4.92 Å². The topological polar surface area (TPSA) is 96.5 Å². The van der Waals surface area contributed by atoms with Gasteiger partial charge in [-0.15, -0.1) is 0 Å². The first-order valence-corrected chi connectivity index (χ1v) is 13.7. The Bertz CT molecular complexity index is 1660. The number of non-ortho nitro benzene ring substituents is 1. The van der Waals surface area contributed by atoms with Crippen molar-refractivity contribution in [2.45, 2.75) is 21.9 Å². The number of nitrogens with one attached hydrogen (secondary N) is 1. The lowest BCUT2D eigenvalue weighted by atomic mass is 10.0. The zero-order valence-corrected chi connectivity index (χ0v) is 22.6. The van der Waals surface area contributed by atoms with Gasteiger partial charge in [-0.2, -0.15) is 0 Å². The van der Waals surface area contributed by atoms with Gasteiger partial charge in [-0.25, -0.2) is 0 Å². The number of benzene rings is 3. The summed E-state index contributed by atoms with van der Waals surface area (Å²) in [7, 11) is 0. The normalized spacial score (nSPS) is 16.6. The molecule has 8 nitrogen and oxygen atoms in total. The number of phenols is 1. The molecule has 40 heavy (non-hydrogen) atoms. The van der Waals surface area contributed by atoms with Crippen LogP contribution >= 0.6 is 24.0 Å². The smallest absolute Gasteiger partial charge is 0.269 e. The largest absolute Gasteiger partial charge is 0.508 e. The molecular weight excluding hydrogens is 542 g/mol. The van der Waals surface area contributed by atoms with Crippen molar-refractivity contribution in [1.29, 1.82) is 0 Å². The molecule has 0 spiro atoms. The van der Waals surface area contributed by atoms with Gasteiger partial charge in [-0.1, -0.05) is 17.8 Å². The van der Waals surface area contributed by atoms with Gasteiger partial charge >= 0.3 is 0 Å². The number of nitro groups is 1. The maximum atomic E-state index is 11.0. The molecule has 0 amide bonds. The van der Waals surface area contributed by atoms with E-state index >= 15 is 0 Å². The molecule has 3 heterocycles. The molecule has 0 radical (unpaired) electrons. The van der Waals surface area contributed by atoms with E-state index in [-0.39, 0.29) is 23.5 Å². The van der Waals surface area contributed by atoms with Gasteiger partial charge in [0.05, 0.1) is 16.7 Å². The zero-order chi connectivity index (χ0) is 27.6. The van der Waals surface area contributed by atoms with Crippen LogP contribution < -0.4 is 10.2 Å². The number of rotatable bonds is 7. The Morgan fingerprint density at radius 3 is 2.20 bits per heavy atom. The van der Waals surface area contributed by atoms with Crippen LogP contribution in [0.4, 0.5) is 11.4 Å². The number of nitrogens with zero attached hydrogens (tertiary/aromatic N) is 4. The lowest BCUT2D eigenvalue weighted by molar-refractivity contribution is -0.384. The second kappa shape index (κ2) is 10.8. The van der Waals surface area contributed by atoms with Crippen LogP contribution in [0.3, 0.4) is 0 Å². The van der Waals surface area contributed by atoms with Gasteiger partial charge in [0.25, 0.3) is 5.69 Å². The fraction of sp³-hybridized carbons (Fsp3) is 0.0667. The van der Waals surface area contributed by atoms with Crippen molar-refractivity contribution in [2.24, 2.45) is 0 Å². The van der Waals surface area contributed by atoms with Gasteiger partial charge < -0.3 is 19.9 Å². The number of aromatic nitrogens is 2. The Morgan fingerprint density at radius 2 is 1.55 bits per heavy atom. The minimum absolute atomic E-state index is 0.0697. The summed E-state index contributed by atoms with van der Waals surface area (Å²) in [6.07, 6.45) is 3.78. The maximum absolute atomic E-state index is 11.0. The fourth-order valence-corrected chi connectivity index (χ4v) is 6.03. The first-order valence-electron chi connectivity index (χ1n) is 12.5. The molecule has 1 saturated heterocycles. The first-order chi connectivity index (χ1) is 19.5. The van der Waals surface area contributed by atoms with Crippen LogP contribution in [-0.2, 0) is 0 Å². The highest BCUT2D eigenvalue weighted by molar-refractivity contribution is 7.99. The average Bonchev–Trinajstić information content (AvgIpc) is 3.59. The summed E-state index contributed by atoms with van der Waals surface area (Å²) in [5.41, 5.74) is 3.80. The van der Waals surface area contributed by atoms with E-state index in [1.54, 1.807) is 30.5 Å². The molecule has 5 aromatic rings. The van der Waals surface area contributed by atoms with Crippen LogP contribution in [0, 0.1) is 10.1 Å². The van der Waals surface area contributed by atoms with E-state index in [2.05, 4.69) is 25.8 Å². The number of aromatic hydroxyl groups is 1. The number of anilines is 1. The summed E-state index contributed by atoms with van der Waals surface area (Å²) in [5, 5.41) is 24.9. The molecule has 1 fully saturated rings. The molecule has 3 aromatic carbocycles. The highest BCUT2D eigenvalue weighted by atomic mass is 32.2. The van der Waals surface area contributed by atoms with Crippen molar-refractivity contribution in [3.8, 4) is 11.4 Å². The molecule has 0 unspecified atom stereocenters. The molecule has 6 rings (SSSR count). The van der Waals surface area contributed by atoms with Gasteiger partial charge in [-0.3, -0.25) is 15.1 Å². The number of pyridine rings is 1. The van der Waals surface area contributed by atoms with Crippen LogP contribution in [0.15, 0.2) is 125 Å². The second-order valence-electron chi connectivity index (χ2n) is 9.16. The van der Waals surface area contributed by atoms with E-state index in [1.165, 1.54) is 23.9 Å². The van der Waals surface area contributed by atoms with Crippen LogP contribution in [0.5, 0.6) is 5.75 Å². The van der Waals surface area contributed by atoms with Crippen LogP contribution in [0.2, 0.25) is 0 Å². The summed E-state index contributed by atoms with van der Waals surface area (Å²) in [6.45, 7) is 0. The van der Waals surface area contributed by atoms with Crippen molar-refractivity contribution >= 4 is 40.5 Å². The van der Waals surface area contributed by atoms with Gasteiger partial charge in [0.1, 0.15) is 11.8 Å². The van der Waals surface area contributed by atoms with E-state index in [0.29, 0.717) is 5.11 Å². The van der Waals surface area contributed by atoms with Gasteiger partial charge in [0.15, 0.2) is 5.11 Å². The van der Waals surface area contributed by atoms with E-state index in [1.807, 2.05) is 66.9 Å². The molecule has 10 heteroatoms. The minimum Gasteiger partial charge on any atom is -0.508 e. The number of thiocarbonyl (C=S) groups is 1. The molecule has 198 valence electrons. The van der Waals surface area contributed by atoms with Crippen LogP contribution in [0.25, 0.3) is 5.69 Å². The molecule has 0 aliphatic carbocycles. The van der Waals surface area contributed by atoms with E-state index in [4.69, 9.17) is 12.2 Å². The molecule has 0 bridgehead atoms. The van der Waals surface area contributed by atoms with Gasteiger partial charge in [-0.05, 0) is 97.1 Å². The molecular formula is C30H23N5O3S2. The number of phenolic OH excluding ortho intramolecular Hbond substituents is 1. The SMILES string of the molecule is O=[N+]([O-])c1ccc(Sc2ccc(N3C(=S)N[C@@H](c4ccccn4)[C@@H]3c3cccn3-c3ccc(O)cc3)cc2)cc1. The number of hydrogen-bond donors (Lipinski definition) is 2. The summed E-state index contributed by atoms with van der Waals surface area (Å²) in [6, 6.07) is 31.3. The number of hydrogen-bond acceptors (Lipinski definition) is 6. The third-order valence-electron chi connectivity index (χ3n) is 6.71. The predicted molar refractivity (Wildman–Crippen MR) is 159 cm³/mol. The standard InChI is InChI=1S/C30H23N5O3S2/c36-23-12-6-20(7-13-23)33-19-3-5-27(33)29-28(26-4-1-2-18-31-26)32-30(39)34(29)21-8-14-24(15-9-21)40-25-16-10-22(11-17-25)35(37)38/h1-19,28-29,36H,(H,32,39)/t28-,29-/m0/s1. The summed E-state index contributed by atoms with van der Waals surface area (Å²) in [5.74, 6) is 0.209. The van der Waals surface area contributed by atoms with Crippen molar-refractivity contribution in [2.75, 3.05) is 4.90 Å². The highest BCUT2D eigenvalue weighted by Crippen LogP contribution is 2.43. The highest BCUT2D eigenvalue weighted by Gasteiger charge is 2.42. The molecule has 1 aliphatic heterocycles. The molecule has 2 aromatic heterocycles. The van der Waals surface area contributed by atoms with Gasteiger partial charge in [0.2, 0.25) is 0 Å². The Morgan fingerprint density at radius 1 is 0.875 bits per heavy atom. The monoisotopic (exact) mass is 565 g/mol. The van der Waals surface area contributed by atoms with Crippen molar-refractivity contribution < 1.29 is 10.0 Å². The summed E-state index contributed by atoms with van der Waals surface area (Å²) in [4.78, 5) is 19.2. The Hall–Kier alpha value is -4.67. The predicted octanol–water partition coefficient (Wildman–Crippen LogP) is 6.81. The fourth-order valence-electron chi connectivity index (χ4n) is 4.86. The van der Waals surface area contributed by atoms with Crippen molar-refractivity contribution in [3.05, 3.63) is 137 Å². The third kappa shape index (κ3) is 5.02. The average molecular weight is 566 g/mol. The third-order valence-corrected chi connectivity index (χ3v) is 8.04. The molecule has 2 N–H and O–H groups in total. The van der Waals surface area contributed by atoms with Crippen LogP contribution in [-0.4, -0.2) is 24.7 Å². The van der Waals surface area contributed by atoms with Gasteiger partial charge in [0, 0.05) is 51.4 Å². The van der Waals surface area contributed by atoms with E-state index in [0.717, 1.165) is 32.6 Å². The van der Waals surface area contributed by atoms with Crippen molar-refractivity contribution in [1.82, 2.24) is 14.9 Å².